The van der Waals surface area contributed by atoms with Gasteiger partial charge in [-0.15, -0.1) is 0 Å². The molecule has 0 heterocycles. The van der Waals surface area contributed by atoms with E-state index in [2.05, 4.69) is 10.6 Å². The van der Waals surface area contributed by atoms with E-state index >= 15 is 0 Å². The molecule has 0 radical (unpaired) electrons. The van der Waals surface area contributed by atoms with Crippen LogP contribution in [0.4, 0.5) is 13.6 Å². The quantitative estimate of drug-likeness (QED) is 0.717. The number of urea groups is 1. The molecule has 2 amide bonds. The van der Waals surface area contributed by atoms with E-state index in [-0.39, 0.29) is 11.0 Å². The number of halogens is 2. The van der Waals surface area contributed by atoms with Crippen molar-refractivity contribution in [2.75, 3.05) is 6.54 Å². The van der Waals surface area contributed by atoms with Crippen molar-refractivity contribution in [1.82, 2.24) is 10.6 Å². The first kappa shape index (κ1) is 19.4. The van der Waals surface area contributed by atoms with Gasteiger partial charge in [-0.3, -0.25) is 0 Å². The predicted molar refractivity (Wildman–Crippen MR) is 86.0 cm³/mol. The van der Waals surface area contributed by atoms with E-state index in [4.69, 9.17) is 0 Å². The Bertz CT molecular complexity index is 533. The molecule has 1 rings (SSSR count). The van der Waals surface area contributed by atoms with Crippen molar-refractivity contribution in [3.63, 3.8) is 0 Å². The summed E-state index contributed by atoms with van der Waals surface area (Å²) in [5, 5.41) is 14.9. The fraction of sp³-hybridized carbons (Fsp3) is 0.588. The van der Waals surface area contributed by atoms with E-state index < -0.39 is 29.8 Å². The molecule has 0 aliphatic rings. The van der Waals surface area contributed by atoms with Gasteiger partial charge in [0.05, 0.1) is 12.1 Å². The fourth-order valence-electron chi connectivity index (χ4n) is 2.58. The Hall–Kier alpha value is -1.69. The Kier molecular flexibility index (Phi) is 6.94. The third-order valence-corrected chi connectivity index (χ3v) is 3.63. The minimum atomic E-state index is -0.674. The summed E-state index contributed by atoms with van der Waals surface area (Å²) in [4.78, 5) is 12.0. The maximum Gasteiger partial charge on any atom is 0.315 e. The molecule has 0 aromatic heterocycles. The fourth-order valence-corrected chi connectivity index (χ4v) is 2.58. The minimum absolute atomic E-state index is 0.256. The molecule has 3 N–H and O–H groups in total. The van der Waals surface area contributed by atoms with Crippen LogP contribution in [0.3, 0.4) is 0 Å². The van der Waals surface area contributed by atoms with E-state index in [9.17, 15) is 18.7 Å². The molecular formula is C17H26F2N2O2. The molecule has 0 aliphatic carbocycles. The van der Waals surface area contributed by atoms with Crippen molar-refractivity contribution < 1.29 is 18.7 Å². The number of nitrogens with one attached hydrogen (secondary N) is 2. The molecule has 2 atom stereocenters. The standard InChI is InChI=1S/C17H26F2N2O2/c1-5-15(13-7-6-12(18)8-14(13)19)21-16(23)20-10-17(3,4)9-11(2)22/h6-8,11,15,22H,5,9-10H2,1-4H3,(H2,20,21,23). The highest BCUT2D eigenvalue weighted by Crippen LogP contribution is 2.22. The third kappa shape index (κ3) is 6.52. The summed E-state index contributed by atoms with van der Waals surface area (Å²) in [7, 11) is 0. The Morgan fingerprint density at radius 2 is 2.00 bits per heavy atom. The van der Waals surface area contributed by atoms with Crippen LogP contribution in [0.25, 0.3) is 0 Å². The number of hydrogen-bond donors (Lipinski definition) is 3. The number of carbonyl (C=O) groups excluding carboxylic acids is 1. The topological polar surface area (TPSA) is 61.4 Å². The van der Waals surface area contributed by atoms with Crippen LogP contribution in [0.15, 0.2) is 18.2 Å². The first-order chi connectivity index (χ1) is 10.6. The summed E-state index contributed by atoms with van der Waals surface area (Å²) < 4.78 is 26.8. The number of benzene rings is 1. The number of aliphatic hydroxyl groups is 1. The van der Waals surface area contributed by atoms with Gasteiger partial charge in [0, 0.05) is 18.2 Å². The first-order valence-corrected chi connectivity index (χ1v) is 7.82. The average molecular weight is 328 g/mol. The number of rotatable bonds is 7. The maximum atomic E-state index is 13.8. The van der Waals surface area contributed by atoms with Crippen LogP contribution in [0.5, 0.6) is 0 Å². The van der Waals surface area contributed by atoms with Crippen LogP contribution in [0.2, 0.25) is 0 Å². The SMILES string of the molecule is CCC(NC(=O)NCC(C)(C)CC(C)O)c1ccc(F)cc1F. The van der Waals surface area contributed by atoms with Crippen LogP contribution < -0.4 is 10.6 Å². The summed E-state index contributed by atoms with van der Waals surface area (Å²) in [6.07, 6.45) is 0.580. The lowest BCUT2D eigenvalue weighted by atomic mass is 9.87. The van der Waals surface area contributed by atoms with E-state index in [1.807, 2.05) is 20.8 Å². The minimum Gasteiger partial charge on any atom is -0.393 e. The second-order valence-electron chi connectivity index (χ2n) is 6.67. The molecule has 2 unspecified atom stereocenters. The molecule has 0 bridgehead atoms. The molecule has 0 saturated heterocycles. The normalized spacial score (nSPS) is 14.2. The largest absolute Gasteiger partial charge is 0.393 e. The van der Waals surface area contributed by atoms with Gasteiger partial charge in [-0.05, 0) is 31.2 Å². The van der Waals surface area contributed by atoms with Crippen LogP contribution in [-0.4, -0.2) is 23.8 Å². The van der Waals surface area contributed by atoms with Crippen molar-refractivity contribution in [3.8, 4) is 0 Å². The highest BCUT2D eigenvalue weighted by Gasteiger charge is 2.22. The van der Waals surface area contributed by atoms with Gasteiger partial charge in [0.1, 0.15) is 11.6 Å². The van der Waals surface area contributed by atoms with Crippen LogP contribution in [0, 0.1) is 17.0 Å². The Morgan fingerprint density at radius 1 is 1.35 bits per heavy atom. The molecule has 0 spiro atoms. The number of amides is 2. The number of aliphatic hydroxyl groups excluding tert-OH is 1. The first-order valence-electron chi connectivity index (χ1n) is 7.82. The molecule has 23 heavy (non-hydrogen) atoms. The van der Waals surface area contributed by atoms with E-state index in [0.717, 1.165) is 6.07 Å². The molecule has 4 nitrogen and oxygen atoms in total. The van der Waals surface area contributed by atoms with Crippen LogP contribution in [-0.2, 0) is 0 Å². The molecule has 0 fully saturated rings. The van der Waals surface area contributed by atoms with Gasteiger partial charge in [-0.25, -0.2) is 13.6 Å². The second kappa shape index (κ2) is 8.24. The number of hydrogen-bond acceptors (Lipinski definition) is 2. The Morgan fingerprint density at radius 3 is 2.52 bits per heavy atom. The van der Waals surface area contributed by atoms with E-state index in [1.54, 1.807) is 6.92 Å². The van der Waals surface area contributed by atoms with Gasteiger partial charge >= 0.3 is 6.03 Å². The lowest BCUT2D eigenvalue weighted by molar-refractivity contribution is 0.128. The number of carbonyl (C=O) groups is 1. The van der Waals surface area contributed by atoms with Gasteiger partial charge < -0.3 is 15.7 Å². The molecule has 0 saturated carbocycles. The Balaban J connectivity index is 2.63. The van der Waals surface area contributed by atoms with Crippen molar-refractivity contribution in [1.29, 1.82) is 0 Å². The summed E-state index contributed by atoms with van der Waals surface area (Å²) in [5.41, 5.74) is 0.00114. The molecular weight excluding hydrogens is 302 g/mol. The average Bonchev–Trinajstić information content (AvgIpc) is 2.42. The summed E-state index contributed by atoms with van der Waals surface area (Å²) in [6, 6.07) is 2.38. The summed E-state index contributed by atoms with van der Waals surface area (Å²) in [6.45, 7) is 7.78. The monoisotopic (exact) mass is 328 g/mol. The van der Waals surface area contributed by atoms with Crippen molar-refractivity contribution >= 4 is 6.03 Å². The van der Waals surface area contributed by atoms with Crippen LogP contribution >= 0.6 is 0 Å². The van der Waals surface area contributed by atoms with E-state index in [1.165, 1.54) is 12.1 Å². The molecule has 130 valence electrons. The molecule has 1 aromatic rings. The molecule has 6 heteroatoms. The predicted octanol–water partition coefficient (Wildman–Crippen LogP) is 3.51. The lowest BCUT2D eigenvalue weighted by Crippen LogP contribution is -2.43. The van der Waals surface area contributed by atoms with Crippen molar-refractivity contribution in [2.45, 2.75) is 52.7 Å². The molecule has 0 aliphatic heterocycles. The van der Waals surface area contributed by atoms with E-state index in [0.29, 0.717) is 19.4 Å². The summed E-state index contributed by atoms with van der Waals surface area (Å²) in [5.74, 6) is -1.32. The zero-order valence-corrected chi connectivity index (χ0v) is 14.1. The van der Waals surface area contributed by atoms with Crippen LogP contribution in [0.1, 0.15) is 52.1 Å². The van der Waals surface area contributed by atoms with Gasteiger partial charge in [0.15, 0.2) is 0 Å². The lowest BCUT2D eigenvalue weighted by Gasteiger charge is -2.27. The van der Waals surface area contributed by atoms with Gasteiger partial charge in [0.2, 0.25) is 0 Å². The second-order valence-corrected chi connectivity index (χ2v) is 6.67. The smallest absolute Gasteiger partial charge is 0.315 e. The van der Waals surface area contributed by atoms with Crippen molar-refractivity contribution in [3.05, 3.63) is 35.4 Å². The van der Waals surface area contributed by atoms with Gasteiger partial charge in [0.25, 0.3) is 0 Å². The zero-order chi connectivity index (χ0) is 17.6. The maximum absolute atomic E-state index is 13.8. The summed E-state index contributed by atoms with van der Waals surface area (Å²) >= 11 is 0. The van der Waals surface area contributed by atoms with Gasteiger partial charge in [-0.1, -0.05) is 26.8 Å². The highest BCUT2D eigenvalue weighted by molar-refractivity contribution is 5.74. The zero-order valence-electron chi connectivity index (χ0n) is 14.1. The highest BCUT2D eigenvalue weighted by atomic mass is 19.1. The Labute approximate surface area is 136 Å². The molecule has 1 aromatic carbocycles. The third-order valence-electron chi connectivity index (χ3n) is 3.63. The van der Waals surface area contributed by atoms with Crippen molar-refractivity contribution in [2.24, 2.45) is 5.41 Å². The van der Waals surface area contributed by atoms with Gasteiger partial charge in [-0.2, -0.15) is 0 Å².